The average Bonchev–Trinajstić information content (AvgIpc) is 2.78. The maximum absolute atomic E-state index is 4.06. The molecule has 0 unspecified atom stereocenters. The summed E-state index contributed by atoms with van der Waals surface area (Å²) in [5, 5.41) is 14.9. The summed E-state index contributed by atoms with van der Waals surface area (Å²) in [4.78, 5) is 0. The second-order valence-electron chi connectivity index (χ2n) is 4.80. The molecule has 1 saturated carbocycles. The minimum atomic E-state index is 0.401. The van der Waals surface area contributed by atoms with Gasteiger partial charge in [0.05, 0.1) is 13.1 Å². The highest BCUT2D eigenvalue weighted by Crippen LogP contribution is 2.38. The van der Waals surface area contributed by atoms with Crippen molar-refractivity contribution in [1.82, 2.24) is 25.5 Å². The molecule has 0 radical (unpaired) electrons. The normalized spacial score (nSPS) is 19.6. The largest absolute Gasteiger partial charge is 0.313 e. The van der Waals surface area contributed by atoms with E-state index in [-0.39, 0.29) is 0 Å². The summed E-state index contributed by atoms with van der Waals surface area (Å²) >= 11 is 0. The van der Waals surface area contributed by atoms with Gasteiger partial charge in [-0.25, -0.2) is 4.68 Å². The van der Waals surface area contributed by atoms with Crippen molar-refractivity contribution >= 4 is 0 Å². The first-order chi connectivity index (χ1) is 7.23. The maximum atomic E-state index is 4.06. The van der Waals surface area contributed by atoms with Crippen molar-refractivity contribution in [1.29, 1.82) is 0 Å². The van der Waals surface area contributed by atoms with Gasteiger partial charge in [0.2, 0.25) is 0 Å². The summed E-state index contributed by atoms with van der Waals surface area (Å²) < 4.78 is 1.95. The van der Waals surface area contributed by atoms with Crippen molar-refractivity contribution in [2.24, 2.45) is 5.41 Å². The Morgan fingerprint density at radius 2 is 2.13 bits per heavy atom. The smallest absolute Gasteiger partial charge is 0.165 e. The Hall–Kier alpha value is -0.970. The molecule has 84 valence electrons. The van der Waals surface area contributed by atoms with Crippen molar-refractivity contribution in [2.45, 2.75) is 45.7 Å². The van der Waals surface area contributed by atoms with Crippen LogP contribution in [0.3, 0.4) is 0 Å². The first-order valence-electron chi connectivity index (χ1n) is 5.63. The van der Waals surface area contributed by atoms with Crippen molar-refractivity contribution in [2.75, 3.05) is 7.05 Å². The van der Waals surface area contributed by atoms with Crippen molar-refractivity contribution in [3.05, 3.63) is 5.82 Å². The predicted molar refractivity (Wildman–Crippen MR) is 57.2 cm³/mol. The second-order valence-corrected chi connectivity index (χ2v) is 4.80. The molecule has 0 bridgehead atoms. The molecule has 5 heteroatoms. The quantitative estimate of drug-likeness (QED) is 0.803. The lowest BCUT2D eigenvalue weighted by molar-refractivity contribution is 0.260. The molecule has 1 aromatic rings. The second kappa shape index (κ2) is 4.26. The molecule has 0 amide bonds. The Morgan fingerprint density at radius 3 is 2.80 bits per heavy atom. The highest BCUT2D eigenvalue weighted by Gasteiger charge is 2.30. The molecule has 0 aliphatic heterocycles. The van der Waals surface area contributed by atoms with Crippen LogP contribution in [0.1, 0.15) is 38.4 Å². The molecule has 1 aromatic heterocycles. The van der Waals surface area contributed by atoms with Crippen LogP contribution in [0.15, 0.2) is 0 Å². The number of hydrogen-bond donors (Lipinski definition) is 1. The van der Waals surface area contributed by atoms with Crippen LogP contribution < -0.4 is 5.32 Å². The number of nitrogens with zero attached hydrogens (tertiary/aromatic N) is 4. The van der Waals surface area contributed by atoms with E-state index in [9.17, 15) is 0 Å². The molecule has 0 aromatic carbocycles. The lowest BCUT2D eigenvalue weighted by atomic mass is 9.89. The fourth-order valence-corrected chi connectivity index (χ4v) is 2.38. The zero-order valence-electron chi connectivity index (χ0n) is 9.53. The van der Waals surface area contributed by atoms with Gasteiger partial charge in [-0.2, -0.15) is 0 Å². The predicted octanol–water partition coefficient (Wildman–Crippen LogP) is 0.973. The summed E-state index contributed by atoms with van der Waals surface area (Å²) in [6.07, 6.45) is 5.29. The summed E-state index contributed by atoms with van der Waals surface area (Å²) in [6, 6.07) is 0. The Labute approximate surface area is 90.2 Å². The van der Waals surface area contributed by atoms with E-state index in [0.717, 1.165) is 18.9 Å². The van der Waals surface area contributed by atoms with Gasteiger partial charge in [-0.05, 0) is 35.7 Å². The number of aromatic nitrogens is 4. The molecule has 1 aliphatic rings. The molecule has 1 fully saturated rings. The van der Waals surface area contributed by atoms with Crippen LogP contribution in [0.2, 0.25) is 0 Å². The van der Waals surface area contributed by atoms with Crippen LogP contribution in [-0.2, 0) is 13.1 Å². The van der Waals surface area contributed by atoms with Gasteiger partial charge in [0.25, 0.3) is 0 Å². The van der Waals surface area contributed by atoms with Gasteiger partial charge in [0.15, 0.2) is 5.82 Å². The molecule has 0 saturated heterocycles. The highest BCUT2D eigenvalue weighted by atomic mass is 15.5. The zero-order chi connectivity index (χ0) is 10.7. The number of tetrazole rings is 1. The topological polar surface area (TPSA) is 55.6 Å². The Kier molecular flexibility index (Phi) is 3.00. The first kappa shape index (κ1) is 10.5. The Morgan fingerprint density at radius 1 is 1.40 bits per heavy atom. The molecule has 0 spiro atoms. The molecule has 15 heavy (non-hydrogen) atoms. The van der Waals surface area contributed by atoms with Gasteiger partial charge >= 0.3 is 0 Å². The number of nitrogens with one attached hydrogen (secondary N) is 1. The van der Waals surface area contributed by atoms with Gasteiger partial charge < -0.3 is 5.32 Å². The van der Waals surface area contributed by atoms with Crippen LogP contribution in [0, 0.1) is 5.41 Å². The van der Waals surface area contributed by atoms with Crippen LogP contribution in [0.25, 0.3) is 0 Å². The van der Waals surface area contributed by atoms with E-state index in [1.807, 2.05) is 11.7 Å². The first-order valence-corrected chi connectivity index (χ1v) is 5.63. The van der Waals surface area contributed by atoms with Crippen molar-refractivity contribution < 1.29 is 0 Å². The molecule has 5 nitrogen and oxygen atoms in total. The Balaban J connectivity index is 2.06. The van der Waals surface area contributed by atoms with Gasteiger partial charge in [-0.1, -0.05) is 19.8 Å². The van der Waals surface area contributed by atoms with Gasteiger partial charge in [-0.15, -0.1) is 5.10 Å². The number of hydrogen-bond acceptors (Lipinski definition) is 4. The Bertz CT molecular complexity index is 313. The van der Waals surface area contributed by atoms with Crippen molar-refractivity contribution in [3.63, 3.8) is 0 Å². The molecule has 1 heterocycles. The number of rotatable bonds is 4. The lowest BCUT2D eigenvalue weighted by Gasteiger charge is -2.23. The SMILES string of the molecule is CNCc1nnnn1CC1(C)CCCC1. The van der Waals surface area contributed by atoms with E-state index in [1.165, 1.54) is 25.7 Å². The van der Waals surface area contributed by atoms with Crippen LogP contribution >= 0.6 is 0 Å². The van der Waals surface area contributed by atoms with Gasteiger partial charge in [0.1, 0.15) is 0 Å². The minimum absolute atomic E-state index is 0.401. The van der Waals surface area contributed by atoms with E-state index < -0.39 is 0 Å². The molecule has 1 N–H and O–H groups in total. The highest BCUT2D eigenvalue weighted by molar-refractivity contribution is 4.85. The fourth-order valence-electron chi connectivity index (χ4n) is 2.38. The average molecular weight is 209 g/mol. The van der Waals surface area contributed by atoms with Crippen LogP contribution in [0.5, 0.6) is 0 Å². The summed E-state index contributed by atoms with van der Waals surface area (Å²) in [7, 11) is 1.91. The van der Waals surface area contributed by atoms with Crippen molar-refractivity contribution in [3.8, 4) is 0 Å². The molecular formula is C10H19N5. The van der Waals surface area contributed by atoms with Crippen LogP contribution in [0.4, 0.5) is 0 Å². The molecule has 0 atom stereocenters. The van der Waals surface area contributed by atoms with E-state index in [2.05, 4.69) is 27.8 Å². The van der Waals surface area contributed by atoms with Gasteiger partial charge in [-0.3, -0.25) is 0 Å². The maximum Gasteiger partial charge on any atom is 0.165 e. The summed E-state index contributed by atoms with van der Waals surface area (Å²) in [6.45, 7) is 4.03. The monoisotopic (exact) mass is 209 g/mol. The minimum Gasteiger partial charge on any atom is -0.313 e. The van der Waals surface area contributed by atoms with E-state index >= 15 is 0 Å². The van der Waals surface area contributed by atoms with E-state index in [1.54, 1.807) is 0 Å². The molecule has 1 aliphatic carbocycles. The third kappa shape index (κ3) is 2.34. The van der Waals surface area contributed by atoms with E-state index in [4.69, 9.17) is 0 Å². The lowest BCUT2D eigenvalue weighted by Crippen LogP contribution is -2.23. The third-order valence-corrected chi connectivity index (χ3v) is 3.28. The summed E-state index contributed by atoms with van der Waals surface area (Å²) in [5.41, 5.74) is 0.401. The molecular weight excluding hydrogens is 190 g/mol. The van der Waals surface area contributed by atoms with Gasteiger partial charge in [0, 0.05) is 0 Å². The zero-order valence-corrected chi connectivity index (χ0v) is 9.53. The van der Waals surface area contributed by atoms with Crippen LogP contribution in [-0.4, -0.2) is 27.3 Å². The third-order valence-electron chi connectivity index (χ3n) is 3.28. The fraction of sp³-hybridized carbons (Fsp3) is 0.900. The van der Waals surface area contributed by atoms with E-state index in [0.29, 0.717) is 5.41 Å². The molecule has 2 rings (SSSR count). The standard InChI is InChI=1S/C10H19N5/c1-10(5-3-4-6-10)8-15-9(7-11-2)12-13-14-15/h11H,3-8H2,1-2H3. The summed E-state index contributed by atoms with van der Waals surface area (Å²) in [5.74, 6) is 0.936.